The minimum Gasteiger partial charge on any atom is -0.481 e. The maximum absolute atomic E-state index is 12.1. The summed E-state index contributed by atoms with van der Waals surface area (Å²) < 4.78 is 0. The molecule has 0 rings (SSSR count). The lowest BCUT2D eigenvalue weighted by Crippen LogP contribution is -2.32. The van der Waals surface area contributed by atoms with Crippen molar-refractivity contribution in [2.24, 2.45) is 29.6 Å². The van der Waals surface area contributed by atoms with Gasteiger partial charge in [0.05, 0.1) is 24.2 Å². The Labute approximate surface area is 229 Å². The number of aliphatic carboxylic acids is 4. The number of carboxylic acids is 4. The van der Waals surface area contributed by atoms with Crippen LogP contribution in [0.3, 0.4) is 0 Å². The van der Waals surface area contributed by atoms with Crippen LogP contribution in [0.2, 0.25) is 0 Å². The van der Waals surface area contributed by atoms with Gasteiger partial charge in [0.1, 0.15) is 0 Å². The van der Waals surface area contributed by atoms with Crippen molar-refractivity contribution in [3.63, 3.8) is 0 Å². The summed E-state index contributed by atoms with van der Waals surface area (Å²) in [5.74, 6) is -7.91. The molecule has 0 aliphatic carbocycles. The topological polar surface area (TPSA) is 149 Å². The number of rotatable bonds is 26. The highest BCUT2D eigenvalue weighted by Crippen LogP contribution is 2.33. The highest BCUT2D eigenvalue weighted by molar-refractivity contribution is 5.80. The molecule has 5 unspecified atom stereocenters. The average Bonchev–Trinajstić information content (AvgIpc) is 2.84. The van der Waals surface area contributed by atoms with Gasteiger partial charge < -0.3 is 20.4 Å². The standard InChI is InChI=1S/C30H54O8/c1-4-6-8-10-11-12-14-16-23(22(3)15-13-9-7-5-2)17-19-25(29(35)36)26(30(37)38)20-18-24(28(33)34)21-27(31)32/h22-26H,4-21H2,1-3H3,(H,31,32)(H,33,34)(H,35,36)(H,37,38). The minimum absolute atomic E-state index is 0.175. The molecule has 0 saturated heterocycles. The summed E-state index contributed by atoms with van der Waals surface area (Å²) in [5.41, 5.74) is 0. The van der Waals surface area contributed by atoms with E-state index in [1.165, 1.54) is 51.4 Å². The van der Waals surface area contributed by atoms with Gasteiger partial charge in [-0.1, -0.05) is 104 Å². The van der Waals surface area contributed by atoms with E-state index in [0.29, 0.717) is 18.3 Å². The van der Waals surface area contributed by atoms with E-state index in [2.05, 4.69) is 20.8 Å². The molecule has 0 spiro atoms. The molecule has 0 aromatic rings. The van der Waals surface area contributed by atoms with Crippen LogP contribution in [0, 0.1) is 29.6 Å². The molecule has 0 aliphatic rings. The molecular formula is C30H54O8. The molecule has 0 aliphatic heterocycles. The van der Waals surface area contributed by atoms with Gasteiger partial charge in [-0.3, -0.25) is 19.2 Å². The Hall–Kier alpha value is -2.12. The van der Waals surface area contributed by atoms with Crippen LogP contribution in [0.1, 0.15) is 136 Å². The van der Waals surface area contributed by atoms with E-state index in [1.54, 1.807) is 0 Å². The largest absolute Gasteiger partial charge is 0.481 e. The molecule has 0 heterocycles. The molecule has 5 atom stereocenters. The van der Waals surface area contributed by atoms with Crippen LogP contribution in [0.5, 0.6) is 0 Å². The maximum atomic E-state index is 12.1. The molecule has 0 bridgehead atoms. The number of hydrogen-bond donors (Lipinski definition) is 4. The minimum atomic E-state index is -1.31. The van der Waals surface area contributed by atoms with Crippen molar-refractivity contribution in [2.45, 2.75) is 136 Å². The van der Waals surface area contributed by atoms with Crippen LogP contribution in [-0.4, -0.2) is 44.3 Å². The van der Waals surface area contributed by atoms with Crippen LogP contribution >= 0.6 is 0 Å². The normalized spacial score (nSPS) is 15.3. The zero-order valence-corrected chi connectivity index (χ0v) is 24.0. The molecule has 8 nitrogen and oxygen atoms in total. The zero-order chi connectivity index (χ0) is 28.9. The number of carboxylic acid groups (broad SMARTS) is 4. The van der Waals surface area contributed by atoms with Gasteiger partial charge in [0.2, 0.25) is 0 Å². The monoisotopic (exact) mass is 542 g/mol. The molecule has 0 amide bonds. The molecule has 0 radical (unpaired) electrons. The number of unbranched alkanes of at least 4 members (excludes halogenated alkanes) is 9. The summed E-state index contributed by atoms with van der Waals surface area (Å²) in [6.07, 6.45) is 15.1. The second-order valence-corrected chi connectivity index (χ2v) is 11.2. The van der Waals surface area contributed by atoms with E-state index in [4.69, 9.17) is 5.11 Å². The zero-order valence-electron chi connectivity index (χ0n) is 24.0. The highest BCUT2D eigenvalue weighted by Gasteiger charge is 2.35. The van der Waals surface area contributed by atoms with E-state index >= 15 is 0 Å². The van der Waals surface area contributed by atoms with E-state index in [-0.39, 0.29) is 19.3 Å². The first-order valence-electron chi connectivity index (χ1n) is 14.9. The van der Waals surface area contributed by atoms with E-state index in [1.807, 2.05) is 0 Å². The first-order valence-corrected chi connectivity index (χ1v) is 14.9. The quantitative estimate of drug-likeness (QED) is 0.0821. The lowest BCUT2D eigenvalue weighted by atomic mass is 9.77. The predicted octanol–water partition coefficient (Wildman–Crippen LogP) is 7.49. The van der Waals surface area contributed by atoms with E-state index in [0.717, 1.165) is 32.1 Å². The summed E-state index contributed by atoms with van der Waals surface area (Å²) >= 11 is 0. The highest BCUT2D eigenvalue weighted by atomic mass is 16.4. The smallest absolute Gasteiger partial charge is 0.307 e. The molecule has 8 heteroatoms. The predicted molar refractivity (Wildman–Crippen MR) is 148 cm³/mol. The molecule has 0 saturated carbocycles. The van der Waals surface area contributed by atoms with Gasteiger partial charge in [-0.05, 0) is 37.5 Å². The third-order valence-electron chi connectivity index (χ3n) is 8.06. The summed E-state index contributed by atoms with van der Waals surface area (Å²) in [6, 6.07) is 0. The van der Waals surface area contributed by atoms with Crippen LogP contribution in [-0.2, 0) is 19.2 Å². The van der Waals surface area contributed by atoms with Gasteiger partial charge in [0.25, 0.3) is 0 Å². The second kappa shape index (κ2) is 21.8. The molecule has 0 aromatic heterocycles. The van der Waals surface area contributed by atoms with Crippen LogP contribution in [0.25, 0.3) is 0 Å². The fourth-order valence-electron chi connectivity index (χ4n) is 5.50. The lowest BCUT2D eigenvalue weighted by molar-refractivity contribution is -0.155. The van der Waals surface area contributed by atoms with Crippen molar-refractivity contribution >= 4 is 23.9 Å². The Morgan fingerprint density at radius 1 is 0.526 bits per heavy atom. The molecule has 0 fully saturated rings. The molecule has 4 N–H and O–H groups in total. The van der Waals surface area contributed by atoms with Gasteiger partial charge in [0, 0.05) is 0 Å². The van der Waals surface area contributed by atoms with Crippen LogP contribution in [0.15, 0.2) is 0 Å². The Balaban J connectivity index is 5.26. The van der Waals surface area contributed by atoms with Crippen molar-refractivity contribution in [1.82, 2.24) is 0 Å². The van der Waals surface area contributed by atoms with Gasteiger partial charge in [-0.25, -0.2) is 0 Å². The summed E-state index contributed by atoms with van der Waals surface area (Å²) in [7, 11) is 0. The molecular weight excluding hydrogens is 488 g/mol. The van der Waals surface area contributed by atoms with Gasteiger partial charge in [-0.2, -0.15) is 0 Å². The Morgan fingerprint density at radius 2 is 0.974 bits per heavy atom. The average molecular weight is 543 g/mol. The molecule has 38 heavy (non-hydrogen) atoms. The second-order valence-electron chi connectivity index (χ2n) is 11.2. The van der Waals surface area contributed by atoms with Crippen molar-refractivity contribution in [1.29, 1.82) is 0 Å². The molecule has 0 aromatic carbocycles. The van der Waals surface area contributed by atoms with E-state index in [9.17, 15) is 34.5 Å². The van der Waals surface area contributed by atoms with Crippen LogP contribution in [0.4, 0.5) is 0 Å². The summed E-state index contributed by atoms with van der Waals surface area (Å²) in [4.78, 5) is 46.6. The third kappa shape index (κ3) is 16.7. The summed E-state index contributed by atoms with van der Waals surface area (Å²) in [6.45, 7) is 6.61. The fraction of sp³-hybridized carbons (Fsp3) is 0.867. The third-order valence-corrected chi connectivity index (χ3v) is 8.06. The Bertz CT molecular complexity index is 677. The van der Waals surface area contributed by atoms with Crippen molar-refractivity contribution in [2.75, 3.05) is 0 Å². The first kappa shape index (κ1) is 35.9. The maximum Gasteiger partial charge on any atom is 0.307 e. The first-order chi connectivity index (χ1) is 18.0. The van der Waals surface area contributed by atoms with Crippen molar-refractivity contribution in [3.8, 4) is 0 Å². The van der Waals surface area contributed by atoms with Crippen molar-refractivity contribution < 1.29 is 39.6 Å². The van der Waals surface area contributed by atoms with Gasteiger partial charge >= 0.3 is 23.9 Å². The van der Waals surface area contributed by atoms with Gasteiger partial charge in [0.15, 0.2) is 0 Å². The fourth-order valence-corrected chi connectivity index (χ4v) is 5.50. The van der Waals surface area contributed by atoms with E-state index < -0.39 is 48.1 Å². The number of carbonyl (C=O) groups is 4. The SMILES string of the molecule is CCCCCCCCCC(CCC(C(=O)O)C(CCC(CC(=O)O)C(=O)O)C(=O)O)C(C)CCCCCC. The van der Waals surface area contributed by atoms with Crippen LogP contribution < -0.4 is 0 Å². The van der Waals surface area contributed by atoms with Crippen molar-refractivity contribution in [3.05, 3.63) is 0 Å². The Morgan fingerprint density at radius 3 is 1.45 bits per heavy atom. The Kier molecular flexibility index (Phi) is 20.6. The van der Waals surface area contributed by atoms with Gasteiger partial charge in [-0.15, -0.1) is 0 Å². The lowest BCUT2D eigenvalue weighted by Gasteiger charge is -2.27. The summed E-state index contributed by atoms with van der Waals surface area (Å²) in [5, 5.41) is 38.0. The number of hydrogen-bond acceptors (Lipinski definition) is 4. The molecule has 222 valence electrons.